The van der Waals surface area contributed by atoms with Crippen LogP contribution in [0.25, 0.3) is 0 Å². The molecule has 1 fully saturated rings. The van der Waals surface area contributed by atoms with Gasteiger partial charge in [-0.1, -0.05) is 42.5 Å². The second-order valence-corrected chi connectivity index (χ2v) is 4.76. The third-order valence-electron chi connectivity index (χ3n) is 3.70. The first-order valence-electron chi connectivity index (χ1n) is 5.98. The zero-order valence-electron chi connectivity index (χ0n) is 9.81. The van der Waals surface area contributed by atoms with E-state index in [9.17, 15) is 9.65 Å². The Bertz CT molecular complexity index is 614. The molecule has 2 atom stereocenters. The minimum absolute atomic E-state index is 0.112. The van der Waals surface area contributed by atoms with Crippen LogP contribution in [-0.2, 0) is 5.41 Å². The van der Waals surface area contributed by atoms with Crippen molar-refractivity contribution in [1.29, 1.82) is 5.26 Å². The van der Waals surface area contributed by atoms with E-state index in [2.05, 4.69) is 6.07 Å². The van der Waals surface area contributed by atoms with E-state index in [1.165, 1.54) is 12.1 Å². The van der Waals surface area contributed by atoms with Gasteiger partial charge in [0, 0.05) is 5.92 Å². The minimum Gasteiger partial charge on any atom is -0.207 e. The molecule has 0 unspecified atom stereocenters. The second-order valence-electron chi connectivity index (χ2n) is 4.76. The number of nitrogens with zero attached hydrogens (tertiary/aromatic N) is 1. The first kappa shape index (κ1) is 11.0. The summed E-state index contributed by atoms with van der Waals surface area (Å²) in [5.41, 5.74) is 1.48. The molecule has 2 aromatic rings. The molecule has 0 bridgehead atoms. The quantitative estimate of drug-likeness (QED) is 0.779. The molecule has 0 aromatic heterocycles. The highest BCUT2D eigenvalue weighted by atomic mass is 19.1. The molecule has 0 heterocycles. The zero-order valence-corrected chi connectivity index (χ0v) is 9.81. The van der Waals surface area contributed by atoms with Crippen LogP contribution in [0.5, 0.6) is 0 Å². The van der Waals surface area contributed by atoms with E-state index < -0.39 is 5.41 Å². The van der Waals surface area contributed by atoms with Crippen LogP contribution in [0.3, 0.4) is 0 Å². The fourth-order valence-electron chi connectivity index (χ4n) is 2.63. The predicted molar refractivity (Wildman–Crippen MR) is 67.5 cm³/mol. The molecule has 3 rings (SSSR count). The van der Waals surface area contributed by atoms with Crippen molar-refractivity contribution < 1.29 is 4.39 Å². The molecule has 88 valence electrons. The van der Waals surface area contributed by atoms with Gasteiger partial charge in [0.05, 0.1) is 11.5 Å². The average molecular weight is 237 g/mol. The molecular weight excluding hydrogens is 225 g/mol. The number of hydrogen-bond acceptors (Lipinski definition) is 1. The first-order valence-corrected chi connectivity index (χ1v) is 5.98. The molecule has 0 radical (unpaired) electrons. The third-order valence-corrected chi connectivity index (χ3v) is 3.70. The number of halogens is 1. The van der Waals surface area contributed by atoms with E-state index in [1.54, 1.807) is 6.07 Å². The van der Waals surface area contributed by atoms with Crippen LogP contribution < -0.4 is 0 Å². The number of hydrogen-bond donors (Lipinski definition) is 0. The van der Waals surface area contributed by atoms with Gasteiger partial charge in [-0.25, -0.2) is 4.39 Å². The summed E-state index contributed by atoms with van der Waals surface area (Å²) < 4.78 is 13.2. The van der Waals surface area contributed by atoms with Crippen molar-refractivity contribution in [2.75, 3.05) is 0 Å². The number of nitriles is 1. The Hall–Kier alpha value is -2.14. The van der Waals surface area contributed by atoms with Crippen LogP contribution in [0.1, 0.15) is 23.5 Å². The Labute approximate surface area is 106 Å². The lowest BCUT2D eigenvalue weighted by atomic mass is 9.92. The molecule has 0 saturated heterocycles. The number of benzene rings is 2. The summed E-state index contributed by atoms with van der Waals surface area (Å²) in [5.74, 6) is -0.125. The van der Waals surface area contributed by atoms with Gasteiger partial charge >= 0.3 is 0 Å². The second kappa shape index (κ2) is 3.96. The van der Waals surface area contributed by atoms with Gasteiger partial charge in [-0.05, 0) is 29.7 Å². The van der Waals surface area contributed by atoms with Crippen LogP contribution in [0.4, 0.5) is 4.39 Å². The van der Waals surface area contributed by atoms with Gasteiger partial charge < -0.3 is 0 Å². The van der Waals surface area contributed by atoms with E-state index in [1.807, 2.05) is 36.4 Å². The maximum Gasteiger partial charge on any atom is 0.123 e. The fraction of sp³-hybridized carbons (Fsp3) is 0.188. The molecule has 1 nitrogen and oxygen atoms in total. The molecule has 0 aliphatic heterocycles. The Balaban J connectivity index is 1.98. The normalized spacial score (nSPS) is 25.4. The molecule has 1 aliphatic carbocycles. The van der Waals surface area contributed by atoms with Crippen molar-refractivity contribution in [3.63, 3.8) is 0 Å². The van der Waals surface area contributed by atoms with E-state index in [0.717, 1.165) is 17.5 Å². The molecule has 0 amide bonds. The minimum atomic E-state index is -0.463. The highest BCUT2D eigenvalue weighted by molar-refractivity contribution is 5.49. The molecule has 0 N–H and O–H groups in total. The highest BCUT2D eigenvalue weighted by Crippen LogP contribution is 2.60. The Morgan fingerprint density at radius 1 is 1.11 bits per heavy atom. The van der Waals surface area contributed by atoms with Crippen molar-refractivity contribution in [2.24, 2.45) is 0 Å². The fourth-order valence-corrected chi connectivity index (χ4v) is 2.63. The van der Waals surface area contributed by atoms with E-state index >= 15 is 0 Å². The van der Waals surface area contributed by atoms with Crippen molar-refractivity contribution in [2.45, 2.75) is 17.8 Å². The van der Waals surface area contributed by atoms with Crippen molar-refractivity contribution in [1.82, 2.24) is 0 Å². The van der Waals surface area contributed by atoms with E-state index in [4.69, 9.17) is 0 Å². The largest absolute Gasteiger partial charge is 0.207 e. The van der Waals surface area contributed by atoms with Gasteiger partial charge in [0.1, 0.15) is 5.82 Å². The van der Waals surface area contributed by atoms with Gasteiger partial charge in [0.15, 0.2) is 0 Å². The molecule has 1 saturated carbocycles. The molecular formula is C16H12FN. The van der Waals surface area contributed by atoms with E-state index in [0.29, 0.717) is 0 Å². The van der Waals surface area contributed by atoms with Gasteiger partial charge in [0.2, 0.25) is 0 Å². The van der Waals surface area contributed by atoms with E-state index in [-0.39, 0.29) is 11.7 Å². The summed E-state index contributed by atoms with van der Waals surface area (Å²) in [5, 5.41) is 9.47. The summed E-state index contributed by atoms with van der Waals surface area (Å²) in [4.78, 5) is 0. The van der Waals surface area contributed by atoms with Crippen LogP contribution >= 0.6 is 0 Å². The van der Waals surface area contributed by atoms with Crippen molar-refractivity contribution >= 4 is 0 Å². The Kier molecular flexibility index (Phi) is 2.41. The smallest absolute Gasteiger partial charge is 0.123 e. The lowest BCUT2D eigenvalue weighted by molar-refractivity contribution is 0.625. The zero-order chi connectivity index (χ0) is 12.6. The lowest BCUT2D eigenvalue weighted by Crippen LogP contribution is -2.06. The van der Waals surface area contributed by atoms with Crippen molar-refractivity contribution in [3.8, 4) is 6.07 Å². The van der Waals surface area contributed by atoms with Gasteiger partial charge in [-0.2, -0.15) is 5.26 Å². The molecule has 18 heavy (non-hydrogen) atoms. The third kappa shape index (κ3) is 1.60. The topological polar surface area (TPSA) is 23.8 Å². The maximum atomic E-state index is 13.2. The summed E-state index contributed by atoms with van der Waals surface area (Å²) in [7, 11) is 0. The van der Waals surface area contributed by atoms with Crippen LogP contribution in [0, 0.1) is 17.1 Å². The molecule has 2 heteroatoms. The average Bonchev–Trinajstić information content (AvgIpc) is 3.16. The summed E-state index contributed by atoms with van der Waals surface area (Å²) in [6.07, 6.45) is 0.775. The van der Waals surface area contributed by atoms with Crippen LogP contribution in [0.15, 0.2) is 54.6 Å². The summed E-state index contributed by atoms with van der Waals surface area (Å²) >= 11 is 0. The summed E-state index contributed by atoms with van der Waals surface area (Å²) in [6, 6.07) is 18.8. The van der Waals surface area contributed by atoms with Gasteiger partial charge in [-0.15, -0.1) is 0 Å². The Morgan fingerprint density at radius 2 is 1.89 bits per heavy atom. The predicted octanol–water partition coefficient (Wildman–Crippen LogP) is 3.77. The van der Waals surface area contributed by atoms with Crippen LogP contribution in [0.2, 0.25) is 0 Å². The van der Waals surface area contributed by atoms with Crippen LogP contribution in [-0.4, -0.2) is 0 Å². The van der Waals surface area contributed by atoms with Gasteiger partial charge in [-0.3, -0.25) is 0 Å². The standard InChI is InChI=1S/C16H12FN/c17-14-8-4-5-12(9-14)15-10-16(15,11-18)13-6-2-1-3-7-13/h1-9,15H,10H2/t15-,16+/m0/s1. The Morgan fingerprint density at radius 3 is 2.56 bits per heavy atom. The molecule has 1 aliphatic rings. The lowest BCUT2D eigenvalue weighted by Gasteiger charge is -2.09. The molecule has 2 aromatic carbocycles. The molecule has 0 spiro atoms. The first-order chi connectivity index (χ1) is 8.76. The monoisotopic (exact) mass is 237 g/mol. The van der Waals surface area contributed by atoms with Crippen molar-refractivity contribution in [3.05, 3.63) is 71.5 Å². The van der Waals surface area contributed by atoms with Gasteiger partial charge in [0.25, 0.3) is 0 Å². The highest BCUT2D eigenvalue weighted by Gasteiger charge is 2.56. The maximum absolute atomic E-state index is 13.2. The summed E-state index contributed by atoms with van der Waals surface area (Å²) in [6.45, 7) is 0. The number of rotatable bonds is 2. The SMILES string of the molecule is N#C[C@@]1(c2ccccc2)C[C@H]1c1cccc(F)c1.